The Morgan fingerprint density at radius 2 is 1.80 bits per heavy atom. The van der Waals surface area contributed by atoms with Crippen LogP contribution in [-0.2, 0) is 25.6 Å². The van der Waals surface area contributed by atoms with Gasteiger partial charge in [0, 0.05) is 18.1 Å². The number of pyridine rings is 1. The number of fused-ring (bicyclic) bond motifs is 1. The Bertz CT molecular complexity index is 703. The maximum atomic E-state index is 12.7. The van der Waals surface area contributed by atoms with Gasteiger partial charge in [-0.3, -0.25) is 0 Å². The predicted molar refractivity (Wildman–Crippen MR) is 84.8 cm³/mol. The molecule has 0 aliphatic heterocycles. The molecule has 0 saturated carbocycles. The fourth-order valence-electron chi connectivity index (χ4n) is 3.06. The highest BCUT2D eigenvalue weighted by Gasteiger charge is 2.30. The molecule has 0 bridgehead atoms. The molecule has 0 fully saturated rings. The number of halogens is 4. The Morgan fingerprint density at radius 1 is 1.04 bits per heavy atom. The number of rotatable bonds is 5. The smallest absolute Gasteiger partial charge is 0.416 e. The molecule has 1 aromatic carbocycles. The minimum absolute atomic E-state index is 0. The molecular weight excluding hydrogens is 351 g/mol. The molecule has 0 atom stereocenters. The molecule has 0 amide bonds. The van der Waals surface area contributed by atoms with Gasteiger partial charge in [-0.05, 0) is 49.4 Å². The zero-order valence-electron chi connectivity index (χ0n) is 13.9. The van der Waals surface area contributed by atoms with Crippen LogP contribution in [-0.4, -0.2) is 6.61 Å². The highest BCUT2D eigenvalue weighted by Crippen LogP contribution is 2.31. The lowest BCUT2D eigenvalue weighted by molar-refractivity contribution is -0.697. The van der Waals surface area contributed by atoms with Crippen LogP contribution >= 0.6 is 0 Å². The number of benzene rings is 1. The topological polar surface area (TPSA) is 13.1 Å². The van der Waals surface area contributed by atoms with Gasteiger partial charge in [0.25, 0.3) is 0 Å². The van der Waals surface area contributed by atoms with Gasteiger partial charge in [0.15, 0.2) is 18.9 Å². The third-order valence-electron chi connectivity index (χ3n) is 4.33. The average Bonchev–Trinajstić information content (AvgIpc) is 2.58. The second-order valence-corrected chi connectivity index (χ2v) is 6.17. The summed E-state index contributed by atoms with van der Waals surface area (Å²) in [5.74, 6) is 0.264. The summed E-state index contributed by atoms with van der Waals surface area (Å²) >= 11 is 0. The first-order valence-electron chi connectivity index (χ1n) is 8.33. The molecule has 1 aliphatic rings. The van der Waals surface area contributed by atoms with Gasteiger partial charge in [0.2, 0.25) is 0 Å². The Labute approximate surface area is 152 Å². The first kappa shape index (κ1) is 19.6. The van der Waals surface area contributed by atoms with E-state index in [9.17, 15) is 13.2 Å². The largest absolute Gasteiger partial charge is 1.00 e. The fraction of sp³-hybridized carbons (Fsp3) is 0.421. The number of hydrogen-bond donors (Lipinski definition) is 0. The van der Waals surface area contributed by atoms with Crippen molar-refractivity contribution in [2.24, 2.45) is 0 Å². The Morgan fingerprint density at radius 3 is 2.56 bits per heavy atom. The molecule has 6 heteroatoms. The summed E-state index contributed by atoms with van der Waals surface area (Å²) in [4.78, 5) is 0. The van der Waals surface area contributed by atoms with Crippen molar-refractivity contribution in [1.29, 1.82) is 0 Å². The van der Waals surface area contributed by atoms with E-state index < -0.39 is 11.7 Å². The van der Waals surface area contributed by atoms with Crippen LogP contribution in [0.4, 0.5) is 13.2 Å². The predicted octanol–water partition coefficient (Wildman–Crippen LogP) is 1.34. The molecule has 0 spiro atoms. The number of ether oxygens (including phenoxy) is 1. The van der Waals surface area contributed by atoms with Crippen LogP contribution in [0.2, 0.25) is 0 Å². The van der Waals surface area contributed by atoms with E-state index in [1.165, 1.54) is 30.0 Å². The maximum absolute atomic E-state index is 12.7. The van der Waals surface area contributed by atoms with Crippen molar-refractivity contribution in [3.05, 3.63) is 59.4 Å². The molecule has 0 saturated heterocycles. The fourth-order valence-corrected chi connectivity index (χ4v) is 3.06. The number of aryl methyl sites for hydroxylation is 3. The summed E-state index contributed by atoms with van der Waals surface area (Å²) in [7, 11) is 0. The Balaban J connectivity index is 0.00000225. The van der Waals surface area contributed by atoms with E-state index in [0.717, 1.165) is 37.9 Å². The third-order valence-corrected chi connectivity index (χ3v) is 4.33. The molecule has 0 radical (unpaired) electrons. The number of nitrogens with zero attached hydrogens (tertiary/aromatic N) is 1. The first-order chi connectivity index (χ1) is 11.5. The van der Waals surface area contributed by atoms with Crippen LogP contribution in [0, 0.1) is 0 Å². The van der Waals surface area contributed by atoms with E-state index in [4.69, 9.17) is 4.74 Å². The summed E-state index contributed by atoms with van der Waals surface area (Å²) in [5, 5.41) is 0. The maximum Gasteiger partial charge on any atom is 0.416 e. The van der Waals surface area contributed by atoms with E-state index in [-0.39, 0.29) is 18.2 Å². The third kappa shape index (κ3) is 5.36. The summed E-state index contributed by atoms with van der Waals surface area (Å²) < 4.78 is 45.6. The van der Waals surface area contributed by atoms with Crippen LogP contribution in [0.1, 0.15) is 36.0 Å². The lowest BCUT2D eigenvalue weighted by atomic mass is 9.93. The van der Waals surface area contributed by atoms with Crippen molar-refractivity contribution in [3.8, 4) is 5.75 Å². The van der Waals surface area contributed by atoms with Gasteiger partial charge in [-0.25, -0.2) is 4.57 Å². The van der Waals surface area contributed by atoms with E-state index in [0.29, 0.717) is 6.61 Å². The van der Waals surface area contributed by atoms with E-state index >= 15 is 0 Å². The van der Waals surface area contributed by atoms with Gasteiger partial charge in [-0.1, -0.05) is 6.07 Å². The standard InChI is InChI=1S/C19H21F3NO.ClH/c20-19(21,22)17-7-3-8-18(13-17)24-12-4-10-23-11-9-15-5-1-2-6-16(15)14-23;/h3,7-9,11,13-14H,1-2,4-6,10,12H2;1H/q+1;/p-1. The van der Waals surface area contributed by atoms with Crippen molar-refractivity contribution in [2.75, 3.05) is 6.61 Å². The van der Waals surface area contributed by atoms with Crippen molar-refractivity contribution >= 4 is 0 Å². The van der Waals surface area contributed by atoms with E-state index in [1.807, 2.05) is 0 Å². The lowest BCUT2D eigenvalue weighted by Gasteiger charge is -2.13. The van der Waals surface area contributed by atoms with Crippen LogP contribution in [0.15, 0.2) is 42.7 Å². The average molecular weight is 372 g/mol. The van der Waals surface area contributed by atoms with Crippen LogP contribution in [0.5, 0.6) is 5.75 Å². The molecular formula is C19H21ClF3NO. The molecule has 1 aromatic heterocycles. The Hall–Kier alpha value is -1.75. The van der Waals surface area contributed by atoms with Crippen molar-refractivity contribution < 1.29 is 34.9 Å². The molecule has 25 heavy (non-hydrogen) atoms. The van der Waals surface area contributed by atoms with Gasteiger partial charge in [0.05, 0.1) is 12.2 Å². The second kappa shape index (κ2) is 8.56. The Kier molecular flexibility index (Phi) is 6.71. The number of alkyl halides is 3. The molecule has 0 unspecified atom stereocenters. The monoisotopic (exact) mass is 371 g/mol. The summed E-state index contributed by atoms with van der Waals surface area (Å²) in [6, 6.07) is 7.21. The highest BCUT2D eigenvalue weighted by atomic mass is 35.5. The quantitative estimate of drug-likeness (QED) is 0.571. The lowest BCUT2D eigenvalue weighted by Crippen LogP contribution is -3.00. The second-order valence-electron chi connectivity index (χ2n) is 6.17. The van der Waals surface area contributed by atoms with Gasteiger partial charge in [-0.15, -0.1) is 0 Å². The molecule has 136 valence electrons. The minimum Gasteiger partial charge on any atom is -1.00 e. The zero-order valence-corrected chi connectivity index (χ0v) is 14.6. The van der Waals surface area contributed by atoms with Gasteiger partial charge < -0.3 is 17.1 Å². The van der Waals surface area contributed by atoms with Crippen LogP contribution in [0.25, 0.3) is 0 Å². The van der Waals surface area contributed by atoms with Gasteiger partial charge in [-0.2, -0.15) is 13.2 Å². The van der Waals surface area contributed by atoms with Crippen LogP contribution in [0.3, 0.4) is 0 Å². The van der Waals surface area contributed by atoms with Crippen molar-refractivity contribution in [2.45, 2.75) is 44.8 Å². The minimum atomic E-state index is -4.33. The first-order valence-corrected chi connectivity index (χ1v) is 8.33. The van der Waals surface area contributed by atoms with Crippen molar-refractivity contribution in [3.63, 3.8) is 0 Å². The number of hydrogen-bond acceptors (Lipinski definition) is 1. The van der Waals surface area contributed by atoms with Gasteiger partial charge >= 0.3 is 6.18 Å². The van der Waals surface area contributed by atoms with Crippen LogP contribution < -0.4 is 21.7 Å². The molecule has 2 aromatic rings. The molecule has 0 N–H and O–H groups in total. The zero-order chi connectivity index (χ0) is 17.0. The molecule has 1 aliphatic carbocycles. The molecule has 3 rings (SSSR count). The summed E-state index contributed by atoms with van der Waals surface area (Å²) in [6.45, 7) is 1.19. The number of aromatic nitrogens is 1. The molecule has 1 heterocycles. The normalized spacial score (nSPS) is 13.7. The summed E-state index contributed by atoms with van der Waals surface area (Å²) in [5.41, 5.74) is 2.18. The highest BCUT2D eigenvalue weighted by molar-refractivity contribution is 5.30. The summed E-state index contributed by atoms with van der Waals surface area (Å²) in [6.07, 6.45) is 5.49. The van der Waals surface area contributed by atoms with Gasteiger partial charge in [0.1, 0.15) is 5.75 Å². The van der Waals surface area contributed by atoms with Crippen molar-refractivity contribution in [1.82, 2.24) is 0 Å². The van der Waals surface area contributed by atoms with E-state index in [2.05, 4.69) is 23.0 Å². The molecule has 2 nitrogen and oxygen atoms in total. The SMILES string of the molecule is FC(F)(F)c1cccc(OCCC[n+]2ccc3c(c2)CCCC3)c1.[Cl-]. The van der Waals surface area contributed by atoms with E-state index in [1.54, 1.807) is 6.07 Å².